The first-order valence-electron chi connectivity index (χ1n) is 6.76. The number of rotatable bonds is 8. The van der Waals surface area contributed by atoms with Crippen molar-refractivity contribution in [2.24, 2.45) is 5.73 Å². The van der Waals surface area contributed by atoms with Gasteiger partial charge in [0.1, 0.15) is 0 Å². The number of unbranched alkanes of at least 4 members (excludes halogenated alkanes) is 2. The van der Waals surface area contributed by atoms with Crippen molar-refractivity contribution in [3.63, 3.8) is 0 Å². The average molecular weight is 286 g/mol. The van der Waals surface area contributed by atoms with Crippen LogP contribution in [0.3, 0.4) is 0 Å². The first-order chi connectivity index (χ1) is 9.50. The van der Waals surface area contributed by atoms with Gasteiger partial charge in [-0.15, -0.1) is 0 Å². The first-order valence-corrected chi connectivity index (χ1v) is 6.76. The lowest BCUT2D eigenvalue weighted by molar-refractivity contribution is -0.629. The summed E-state index contributed by atoms with van der Waals surface area (Å²) in [6.45, 7) is 1.85. The molecular formula is C11H22N6O3. The van der Waals surface area contributed by atoms with Crippen molar-refractivity contribution in [1.82, 2.24) is 15.6 Å². The van der Waals surface area contributed by atoms with Crippen molar-refractivity contribution in [3.05, 3.63) is 10.1 Å². The average Bonchev–Trinajstić information content (AvgIpc) is 2.85. The highest BCUT2D eigenvalue weighted by Gasteiger charge is 2.18. The number of nitrogens with two attached hydrogens (primary N) is 1. The highest BCUT2D eigenvalue weighted by atomic mass is 16.7. The highest BCUT2D eigenvalue weighted by molar-refractivity contribution is 5.76. The second-order valence-electron chi connectivity index (χ2n) is 4.81. The van der Waals surface area contributed by atoms with Crippen LogP contribution in [0.1, 0.15) is 32.1 Å². The molecule has 1 unspecified atom stereocenters. The van der Waals surface area contributed by atoms with Gasteiger partial charge < -0.3 is 16.4 Å². The molecule has 0 radical (unpaired) electrons. The van der Waals surface area contributed by atoms with Gasteiger partial charge in [0.25, 0.3) is 5.96 Å². The van der Waals surface area contributed by atoms with E-state index in [9.17, 15) is 14.9 Å². The van der Waals surface area contributed by atoms with Crippen LogP contribution < -0.4 is 16.4 Å². The Kier molecular flexibility index (Phi) is 6.71. The SMILES string of the molecule is N=C(N)N(CCCCCC(=O)NC1CCNC1)[N+](=O)[O-]. The molecule has 0 aromatic rings. The topological polar surface area (TPSA) is 137 Å². The molecule has 1 aliphatic rings. The summed E-state index contributed by atoms with van der Waals surface area (Å²) in [6, 6.07) is 0.227. The van der Waals surface area contributed by atoms with Gasteiger partial charge in [0, 0.05) is 19.0 Å². The molecule has 9 nitrogen and oxygen atoms in total. The number of amides is 1. The van der Waals surface area contributed by atoms with Crippen LogP contribution in [-0.2, 0) is 4.79 Å². The van der Waals surface area contributed by atoms with E-state index in [0.29, 0.717) is 30.7 Å². The molecule has 9 heteroatoms. The Labute approximate surface area is 117 Å². The molecule has 0 bridgehead atoms. The largest absolute Gasteiger partial charge is 0.365 e. The molecule has 5 N–H and O–H groups in total. The van der Waals surface area contributed by atoms with E-state index in [1.54, 1.807) is 0 Å². The minimum Gasteiger partial charge on any atom is -0.365 e. The Bertz CT molecular complexity index is 342. The van der Waals surface area contributed by atoms with Crippen LogP contribution in [0.5, 0.6) is 0 Å². The molecule has 0 saturated carbocycles. The van der Waals surface area contributed by atoms with E-state index in [0.717, 1.165) is 19.5 Å². The number of guanidine groups is 1. The lowest BCUT2D eigenvalue weighted by atomic mass is 10.1. The highest BCUT2D eigenvalue weighted by Crippen LogP contribution is 2.04. The number of nitro groups is 1. The third-order valence-electron chi connectivity index (χ3n) is 3.17. The van der Waals surface area contributed by atoms with Crippen molar-refractivity contribution in [3.8, 4) is 0 Å². The fourth-order valence-electron chi connectivity index (χ4n) is 2.09. The van der Waals surface area contributed by atoms with E-state index in [2.05, 4.69) is 10.6 Å². The summed E-state index contributed by atoms with van der Waals surface area (Å²) in [5.41, 5.74) is 5.09. The summed E-state index contributed by atoms with van der Waals surface area (Å²) in [6.07, 6.45) is 3.28. The molecule has 0 spiro atoms. The van der Waals surface area contributed by atoms with Gasteiger partial charge in [-0.2, -0.15) is 0 Å². The minimum absolute atomic E-state index is 0.0244. The summed E-state index contributed by atoms with van der Waals surface area (Å²) in [4.78, 5) is 22.1. The van der Waals surface area contributed by atoms with Gasteiger partial charge in [-0.1, -0.05) is 11.4 Å². The summed E-state index contributed by atoms with van der Waals surface area (Å²) in [7, 11) is 0. The molecule has 0 aromatic heterocycles. The minimum atomic E-state index is -0.692. The maximum Gasteiger partial charge on any atom is 0.251 e. The molecule has 0 aliphatic carbocycles. The Morgan fingerprint density at radius 2 is 2.25 bits per heavy atom. The maximum absolute atomic E-state index is 11.6. The molecule has 114 valence electrons. The Hall–Kier alpha value is -1.90. The van der Waals surface area contributed by atoms with Crippen LogP contribution in [0.4, 0.5) is 0 Å². The smallest absolute Gasteiger partial charge is 0.251 e. The summed E-state index contributed by atoms with van der Waals surface area (Å²) in [5.74, 6) is -0.544. The predicted octanol–water partition coefficient (Wildman–Crippen LogP) is -0.588. The number of carbonyl (C=O) groups is 1. The second-order valence-corrected chi connectivity index (χ2v) is 4.81. The maximum atomic E-state index is 11.6. The Morgan fingerprint density at radius 3 is 2.80 bits per heavy atom. The molecule has 1 aliphatic heterocycles. The zero-order valence-electron chi connectivity index (χ0n) is 11.4. The number of nitrogens with one attached hydrogen (secondary N) is 3. The van der Waals surface area contributed by atoms with Crippen molar-refractivity contribution in [2.75, 3.05) is 19.6 Å². The fourth-order valence-corrected chi connectivity index (χ4v) is 2.09. The third-order valence-corrected chi connectivity index (χ3v) is 3.17. The molecule has 1 saturated heterocycles. The van der Waals surface area contributed by atoms with Gasteiger partial charge >= 0.3 is 0 Å². The summed E-state index contributed by atoms with van der Waals surface area (Å²) >= 11 is 0. The van der Waals surface area contributed by atoms with E-state index in [1.165, 1.54) is 0 Å². The van der Waals surface area contributed by atoms with Gasteiger partial charge in [0.05, 0.1) is 6.54 Å². The molecule has 1 atom stereocenters. The number of hydrogen-bond acceptors (Lipinski definition) is 5. The standard InChI is InChI=1S/C11H22N6O3/c12-11(13)16(17(19)20)7-3-1-2-4-10(18)15-9-5-6-14-8-9/h9,14H,1-8H2,(H3,12,13)(H,15,18). The van der Waals surface area contributed by atoms with E-state index < -0.39 is 11.0 Å². The van der Waals surface area contributed by atoms with Crippen LogP contribution in [0.25, 0.3) is 0 Å². The Morgan fingerprint density at radius 1 is 1.50 bits per heavy atom. The van der Waals surface area contributed by atoms with Crippen molar-refractivity contribution < 1.29 is 9.83 Å². The third kappa shape index (κ3) is 5.83. The molecule has 1 rings (SSSR count). The fraction of sp³-hybridized carbons (Fsp3) is 0.818. The zero-order chi connectivity index (χ0) is 15.0. The van der Waals surface area contributed by atoms with Gasteiger partial charge in [-0.25, -0.2) is 10.1 Å². The van der Waals surface area contributed by atoms with Crippen molar-refractivity contribution in [1.29, 1.82) is 5.41 Å². The number of nitrogens with zero attached hydrogens (tertiary/aromatic N) is 2. The van der Waals surface area contributed by atoms with Crippen molar-refractivity contribution in [2.45, 2.75) is 38.1 Å². The monoisotopic (exact) mass is 286 g/mol. The summed E-state index contributed by atoms with van der Waals surface area (Å²) in [5, 5.41) is 23.6. The number of hydrogen-bond donors (Lipinski definition) is 4. The lowest BCUT2D eigenvalue weighted by Gasteiger charge is -2.12. The molecule has 1 amide bonds. The van der Waals surface area contributed by atoms with E-state index in [1.807, 2.05) is 0 Å². The van der Waals surface area contributed by atoms with Gasteiger partial charge in [0.15, 0.2) is 5.03 Å². The molecule has 20 heavy (non-hydrogen) atoms. The normalized spacial score (nSPS) is 17.7. The first kappa shape index (κ1) is 16.2. The zero-order valence-corrected chi connectivity index (χ0v) is 11.4. The van der Waals surface area contributed by atoms with E-state index >= 15 is 0 Å². The number of hydrazine groups is 1. The van der Waals surface area contributed by atoms with Gasteiger partial charge in [0.2, 0.25) is 5.91 Å². The summed E-state index contributed by atoms with van der Waals surface area (Å²) < 4.78 is 0. The molecular weight excluding hydrogens is 264 g/mol. The van der Waals surface area contributed by atoms with Crippen LogP contribution >= 0.6 is 0 Å². The lowest BCUT2D eigenvalue weighted by Crippen LogP contribution is -2.41. The van der Waals surface area contributed by atoms with Gasteiger partial charge in [-0.05, 0) is 25.8 Å². The van der Waals surface area contributed by atoms with Crippen LogP contribution in [0.2, 0.25) is 0 Å². The van der Waals surface area contributed by atoms with Crippen LogP contribution in [0, 0.1) is 15.5 Å². The second kappa shape index (κ2) is 8.31. The number of carbonyl (C=O) groups excluding carboxylic acids is 1. The molecule has 1 fully saturated rings. The van der Waals surface area contributed by atoms with Crippen LogP contribution in [-0.4, -0.2) is 47.6 Å². The van der Waals surface area contributed by atoms with E-state index in [4.69, 9.17) is 11.1 Å². The predicted molar refractivity (Wildman–Crippen MR) is 73.5 cm³/mol. The molecule has 0 aromatic carbocycles. The Balaban J connectivity index is 2.07. The van der Waals surface area contributed by atoms with Crippen LogP contribution in [0.15, 0.2) is 0 Å². The molecule has 1 heterocycles. The van der Waals surface area contributed by atoms with Gasteiger partial charge in [-0.3, -0.25) is 10.2 Å². The van der Waals surface area contributed by atoms with Crippen molar-refractivity contribution >= 4 is 11.9 Å². The van der Waals surface area contributed by atoms with E-state index in [-0.39, 0.29) is 18.5 Å². The quantitative estimate of drug-likeness (QED) is 0.155.